The Labute approximate surface area is 282 Å². The Kier molecular flexibility index (Phi) is 11.9. The van der Waals surface area contributed by atoms with Crippen molar-refractivity contribution < 1.29 is 27.4 Å². The zero-order chi connectivity index (χ0) is 34.1. The fourth-order valence-electron chi connectivity index (χ4n) is 5.40. The van der Waals surface area contributed by atoms with E-state index in [2.05, 4.69) is 9.88 Å². The molecule has 3 N–H and O–H groups in total. The number of rotatable bonds is 12. The number of allylic oxidation sites excluding steroid dienone is 8. The highest BCUT2D eigenvalue weighted by molar-refractivity contribution is 6.31. The average Bonchev–Trinajstić information content (AvgIpc) is 3.45. The standard InChI is InChI=1S/C37H38ClF3N4O3/c1-25-2-6-27(7-3-25)33-34(28-12-16-32(38)17-13-28)45(35(44-33)29-10-14-31(15-11-29)37(39,40)41)24-26-4-8-30(9-5-26)36(46)43-19-21-48-23-22-47-20-18-42/h2-10,12,14-17H,11,13,18-24,42H2,1H3,(H,43,46). The van der Waals surface area contributed by atoms with Crippen LogP contribution in [0.4, 0.5) is 13.2 Å². The number of carbonyl (C=O) groups is 1. The zero-order valence-corrected chi connectivity index (χ0v) is 27.4. The molecule has 0 saturated carbocycles. The van der Waals surface area contributed by atoms with Crippen molar-refractivity contribution in [2.45, 2.75) is 32.5 Å². The third kappa shape index (κ3) is 9.02. The summed E-state index contributed by atoms with van der Waals surface area (Å²) in [7, 11) is 0. The van der Waals surface area contributed by atoms with E-state index in [0.717, 1.165) is 39.4 Å². The molecule has 2 aromatic carbocycles. The van der Waals surface area contributed by atoms with Gasteiger partial charge in [0.1, 0.15) is 5.48 Å². The highest BCUT2D eigenvalue weighted by atomic mass is 35.5. The first-order valence-corrected chi connectivity index (χ1v) is 16.1. The van der Waals surface area contributed by atoms with Gasteiger partial charge >= 0.3 is 6.18 Å². The molecule has 0 aliphatic heterocycles. The lowest BCUT2D eigenvalue weighted by atomic mass is 10.0. The number of amides is 1. The Morgan fingerprint density at radius 3 is 2.23 bits per heavy atom. The maximum Gasteiger partial charge on any atom is 0.416 e. The first-order valence-electron chi connectivity index (χ1n) is 15.8. The largest absolute Gasteiger partial charge is 0.416 e. The topological polar surface area (TPSA) is 91.4 Å². The highest BCUT2D eigenvalue weighted by Crippen LogP contribution is 2.31. The molecule has 252 valence electrons. The molecule has 0 atom stereocenters. The second kappa shape index (κ2) is 16.3. The first-order chi connectivity index (χ1) is 23.1. The molecule has 0 spiro atoms. The van der Waals surface area contributed by atoms with Crippen molar-refractivity contribution in [3.63, 3.8) is 0 Å². The van der Waals surface area contributed by atoms with Crippen LogP contribution >= 0.6 is 11.6 Å². The van der Waals surface area contributed by atoms with Crippen LogP contribution in [0.2, 0.25) is 0 Å². The number of nitrogens with two attached hydrogens (primary N) is 1. The number of hydrogen-bond acceptors (Lipinski definition) is 5. The first kappa shape index (κ1) is 35.1. The number of hydrogen-bond donors (Lipinski definition) is 2. The summed E-state index contributed by atoms with van der Waals surface area (Å²) in [5.74, 6) is -0.225. The quantitative estimate of drug-likeness (QED) is 0.249. The number of imidazole rings is 1. The van der Waals surface area contributed by atoms with Crippen LogP contribution < -0.4 is 21.9 Å². The van der Waals surface area contributed by atoms with Gasteiger partial charge in [-0.2, -0.15) is 13.2 Å². The monoisotopic (exact) mass is 678 g/mol. The van der Waals surface area contributed by atoms with E-state index in [-0.39, 0.29) is 12.3 Å². The predicted molar refractivity (Wildman–Crippen MR) is 183 cm³/mol. The molecule has 0 unspecified atom stereocenters. The molecule has 11 heteroatoms. The minimum absolute atomic E-state index is 0.0790. The van der Waals surface area contributed by atoms with Gasteiger partial charge in [-0.15, -0.1) is 0 Å². The molecular weight excluding hydrogens is 641 g/mol. The Balaban J connectivity index is 1.48. The lowest BCUT2D eigenvalue weighted by Crippen LogP contribution is -2.32. The second-order valence-electron chi connectivity index (χ2n) is 11.4. The number of carbonyl (C=O) groups excluding carboxylic acids is 1. The smallest absolute Gasteiger partial charge is 0.378 e. The van der Waals surface area contributed by atoms with Crippen LogP contribution in [0.25, 0.3) is 22.4 Å². The third-order valence-corrected chi connectivity index (χ3v) is 8.18. The van der Waals surface area contributed by atoms with Crippen LogP contribution in [0.15, 0.2) is 95.6 Å². The number of aromatic nitrogens is 2. The summed E-state index contributed by atoms with van der Waals surface area (Å²) in [6.45, 7) is 4.88. The summed E-state index contributed by atoms with van der Waals surface area (Å²) in [6.07, 6.45) is 5.74. The Bertz CT molecular complexity index is 1850. The van der Waals surface area contributed by atoms with E-state index >= 15 is 0 Å². The van der Waals surface area contributed by atoms with E-state index in [4.69, 9.17) is 31.8 Å². The number of nitrogens with zero attached hydrogens (tertiary/aromatic N) is 2. The van der Waals surface area contributed by atoms with Crippen LogP contribution in [0.1, 0.15) is 34.3 Å². The molecule has 1 amide bonds. The van der Waals surface area contributed by atoms with Crippen LogP contribution in [0.3, 0.4) is 0 Å². The lowest BCUT2D eigenvalue weighted by Gasteiger charge is -2.14. The van der Waals surface area contributed by atoms with Crippen LogP contribution in [0.5, 0.6) is 0 Å². The predicted octanol–water partition coefficient (Wildman–Crippen LogP) is 5.46. The van der Waals surface area contributed by atoms with Crippen LogP contribution in [0, 0.1) is 6.92 Å². The maximum atomic E-state index is 13.5. The molecule has 1 aromatic heterocycles. The van der Waals surface area contributed by atoms with Gasteiger partial charge in [0.25, 0.3) is 5.91 Å². The van der Waals surface area contributed by atoms with Crippen molar-refractivity contribution in [2.75, 3.05) is 39.5 Å². The molecule has 0 fully saturated rings. The van der Waals surface area contributed by atoms with Crippen molar-refractivity contribution in [1.29, 1.82) is 0 Å². The molecule has 1 heterocycles. The normalized spacial score (nSPS) is 17.0. The highest BCUT2D eigenvalue weighted by Gasteiger charge is 2.32. The molecule has 5 rings (SSSR count). The van der Waals surface area contributed by atoms with Crippen LogP contribution in [-0.2, 0) is 16.0 Å². The van der Waals surface area contributed by atoms with Gasteiger partial charge in [-0.25, -0.2) is 4.98 Å². The number of nitrogens with one attached hydrogen (secondary N) is 1. The lowest BCUT2D eigenvalue weighted by molar-refractivity contribution is -0.0884. The minimum Gasteiger partial charge on any atom is -0.378 e. The molecule has 2 aliphatic rings. The van der Waals surface area contributed by atoms with Gasteiger partial charge in [-0.05, 0) is 60.8 Å². The fraction of sp³-hybridized carbons (Fsp3) is 0.297. The minimum atomic E-state index is -4.43. The molecule has 3 aromatic rings. The Hall–Kier alpha value is -4.22. The second-order valence-corrected chi connectivity index (χ2v) is 11.9. The summed E-state index contributed by atoms with van der Waals surface area (Å²) in [5, 5.41) is 4.34. The van der Waals surface area contributed by atoms with Crippen molar-refractivity contribution in [2.24, 2.45) is 5.73 Å². The van der Waals surface area contributed by atoms with Crippen molar-refractivity contribution in [3.05, 3.63) is 123 Å². The van der Waals surface area contributed by atoms with Gasteiger partial charge in [0.15, 0.2) is 0 Å². The Morgan fingerprint density at radius 2 is 1.60 bits per heavy atom. The summed E-state index contributed by atoms with van der Waals surface area (Å²) >= 11 is 6.28. The van der Waals surface area contributed by atoms with Gasteiger partial charge in [0.05, 0.1) is 43.0 Å². The van der Waals surface area contributed by atoms with Gasteiger partial charge < -0.3 is 25.1 Å². The summed E-state index contributed by atoms with van der Waals surface area (Å²) in [6, 6.07) is 15.3. The van der Waals surface area contributed by atoms with E-state index in [1.165, 1.54) is 12.2 Å². The zero-order valence-electron chi connectivity index (χ0n) is 26.7. The number of aryl methyl sites for hydroxylation is 1. The van der Waals surface area contributed by atoms with E-state index in [9.17, 15) is 18.0 Å². The summed E-state index contributed by atoms with van der Waals surface area (Å²) < 4.78 is 53.2. The number of alkyl halides is 3. The summed E-state index contributed by atoms with van der Waals surface area (Å²) in [4.78, 5) is 17.9. The van der Waals surface area contributed by atoms with Crippen molar-refractivity contribution >= 4 is 28.7 Å². The van der Waals surface area contributed by atoms with Gasteiger partial charge in [-0.1, -0.05) is 77.9 Å². The third-order valence-electron chi connectivity index (χ3n) is 7.90. The van der Waals surface area contributed by atoms with E-state index in [1.54, 1.807) is 12.1 Å². The number of ether oxygens (including phenoxy) is 2. The van der Waals surface area contributed by atoms with Gasteiger partial charge in [0.2, 0.25) is 0 Å². The van der Waals surface area contributed by atoms with E-state index in [1.807, 2.05) is 61.5 Å². The summed E-state index contributed by atoms with van der Waals surface area (Å²) in [5.41, 5.74) is 11.0. The van der Waals surface area contributed by atoms with Gasteiger partial charge in [0, 0.05) is 35.8 Å². The molecule has 2 aliphatic carbocycles. The average molecular weight is 679 g/mol. The van der Waals surface area contributed by atoms with E-state index in [0.29, 0.717) is 74.1 Å². The molecule has 0 bridgehead atoms. The van der Waals surface area contributed by atoms with Crippen LogP contribution in [-0.4, -0.2) is 61.2 Å². The van der Waals surface area contributed by atoms with Crippen molar-refractivity contribution in [3.8, 4) is 11.3 Å². The molecule has 0 saturated heterocycles. The molecule has 0 radical (unpaired) electrons. The molecule has 7 nitrogen and oxygen atoms in total. The molecule has 48 heavy (non-hydrogen) atoms. The SMILES string of the molecule is Cc1ccc(-c2nc(=C3C=CC(C(F)(F)F)=CC3)n(Cc3ccc(C(=O)NCCOCCOCCN)cc3)c2=C2C=CC(Cl)=CC2)cc1. The molecular formula is C37H38ClF3N4O3. The fourth-order valence-corrected chi connectivity index (χ4v) is 5.54. The Morgan fingerprint density at radius 1 is 0.917 bits per heavy atom. The number of halogens is 4. The van der Waals surface area contributed by atoms with E-state index < -0.39 is 11.7 Å². The van der Waals surface area contributed by atoms with Gasteiger partial charge in [-0.3, -0.25) is 4.79 Å². The number of benzene rings is 2. The maximum absolute atomic E-state index is 13.5. The van der Waals surface area contributed by atoms with Crippen molar-refractivity contribution in [1.82, 2.24) is 14.9 Å².